The van der Waals surface area contributed by atoms with Gasteiger partial charge in [-0.05, 0) is 31.6 Å². The second-order valence-electron chi connectivity index (χ2n) is 9.06. The molecule has 0 bridgehead atoms. The second-order valence-corrected chi connectivity index (χ2v) is 12.6. The molecule has 5 nitrogen and oxygen atoms in total. The number of carbonyl (C=O) groups is 1. The summed E-state index contributed by atoms with van der Waals surface area (Å²) >= 11 is 1.37. The molecule has 7 heteroatoms. The van der Waals surface area contributed by atoms with Gasteiger partial charge in [-0.2, -0.15) is 0 Å². The number of hydrogen-bond donors (Lipinski definition) is 2. The van der Waals surface area contributed by atoms with Crippen LogP contribution in [0.25, 0.3) is 0 Å². The first-order valence-corrected chi connectivity index (χ1v) is 16.0. The number of hydrogen-bond acceptors (Lipinski definition) is 6. The number of rotatable bonds is 18. The van der Waals surface area contributed by atoms with Crippen molar-refractivity contribution in [1.29, 1.82) is 0 Å². The molecule has 2 N–H and O–H groups in total. The Hall–Kier alpha value is 0.0769. The van der Waals surface area contributed by atoms with Crippen LogP contribution < -0.4 is 5.48 Å². The summed E-state index contributed by atoms with van der Waals surface area (Å²) in [6, 6.07) is 0.511. The summed E-state index contributed by atoms with van der Waals surface area (Å²) in [5.41, 5.74) is 3.00. The third-order valence-electron chi connectivity index (χ3n) is 6.06. The van der Waals surface area contributed by atoms with E-state index < -0.39 is 8.80 Å². The largest absolute Gasteiger partial charge is 0.515 e. The minimum atomic E-state index is -3.15. The Balaban J connectivity index is 2.04. The van der Waals surface area contributed by atoms with Gasteiger partial charge in [0, 0.05) is 31.4 Å². The quantitative estimate of drug-likeness (QED) is 0.171. The van der Waals surface area contributed by atoms with Crippen LogP contribution in [0.3, 0.4) is 0 Å². The van der Waals surface area contributed by atoms with Crippen LogP contribution in [-0.4, -0.2) is 37.6 Å². The zero-order valence-corrected chi connectivity index (χ0v) is 22.1. The highest BCUT2D eigenvalue weighted by Crippen LogP contribution is 2.22. The van der Waals surface area contributed by atoms with Crippen molar-refractivity contribution in [3.05, 3.63) is 0 Å². The van der Waals surface area contributed by atoms with Crippen LogP contribution in [0.4, 0.5) is 0 Å². The first-order valence-electron chi connectivity index (χ1n) is 13.0. The lowest BCUT2D eigenvalue weighted by atomic mass is 9.97. The predicted octanol–water partition coefficient (Wildman–Crippen LogP) is 6.63. The molecular weight excluding hydrogens is 426 g/mol. The number of hydroxylamine groups is 1. The van der Waals surface area contributed by atoms with Gasteiger partial charge in [-0.15, -0.1) is 0 Å². The van der Waals surface area contributed by atoms with Crippen LogP contribution in [0.5, 0.6) is 0 Å². The smallest absolute Gasteiger partial charge is 0.389 e. The minimum Gasteiger partial charge on any atom is -0.389 e. The van der Waals surface area contributed by atoms with Gasteiger partial charge >= 0.3 is 8.80 Å². The van der Waals surface area contributed by atoms with Gasteiger partial charge in [-0.25, -0.2) is 5.48 Å². The standard InChI is InChI=1S/C24H49NO4SSi/c1-3-5-7-8-9-10-11-12-13-14-16-23-18-19-28-31(27,29-25-22-23)21-15-20-30-24(26)17-6-4-2/h23,25,27H,3-22H2,1-2H3. The van der Waals surface area contributed by atoms with Crippen molar-refractivity contribution in [1.82, 2.24) is 5.48 Å². The Morgan fingerprint density at radius 3 is 2.29 bits per heavy atom. The Kier molecular flexibility index (Phi) is 18.3. The normalized spacial score (nSPS) is 22.2. The van der Waals surface area contributed by atoms with Crippen molar-refractivity contribution >= 4 is 25.7 Å². The third kappa shape index (κ3) is 16.4. The fraction of sp³-hybridized carbons (Fsp3) is 0.958. The van der Waals surface area contributed by atoms with E-state index in [2.05, 4.69) is 19.3 Å². The molecule has 0 saturated carbocycles. The summed E-state index contributed by atoms with van der Waals surface area (Å²) in [4.78, 5) is 22.4. The van der Waals surface area contributed by atoms with Crippen molar-refractivity contribution in [3.63, 3.8) is 0 Å². The van der Waals surface area contributed by atoms with Crippen LogP contribution in [0.1, 0.15) is 117 Å². The van der Waals surface area contributed by atoms with Crippen LogP contribution in [-0.2, 0) is 13.7 Å². The van der Waals surface area contributed by atoms with Gasteiger partial charge in [0.05, 0.1) is 0 Å². The summed E-state index contributed by atoms with van der Waals surface area (Å²) in [5.74, 6) is 1.28. The number of carbonyl (C=O) groups excluding carboxylic acids is 1. The Morgan fingerprint density at radius 1 is 0.968 bits per heavy atom. The summed E-state index contributed by atoms with van der Waals surface area (Å²) in [6.07, 6.45) is 19.2. The lowest BCUT2D eigenvalue weighted by Crippen LogP contribution is -2.49. The molecule has 0 aromatic heterocycles. The van der Waals surface area contributed by atoms with Crippen molar-refractivity contribution in [2.75, 3.05) is 18.9 Å². The van der Waals surface area contributed by atoms with Gasteiger partial charge < -0.3 is 9.22 Å². The van der Waals surface area contributed by atoms with E-state index in [0.717, 1.165) is 38.0 Å². The molecule has 0 radical (unpaired) electrons. The highest BCUT2D eigenvalue weighted by Gasteiger charge is 2.38. The average Bonchev–Trinajstić information content (AvgIpc) is 2.74. The van der Waals surface area contributed by atoms with Crippen LogP contribution in [0.15, 0.2) is 0 Å². The van der Waals surface area contributed by atoms with E-state index in [1.807, 2.05) is 0 Å². The fourth-order valence-electron chi connectivity index (χ4n) is 3.95. The SMILES string of the molecule is CCCCCCCCCCCCC1CCO[Si](O)(CCCSC(=O)CCCC)ONC1. The van der Waals surface area contributed by atoms with Crippen molar-refractivity contribution in [2.24, 2.45) is 5.92 Å². The van der Waals surface area contributed by atoms with E-state index in [9.17, 15) is 9.59 Å². The molecule has 1 rings (SSSR count). The molecule has 1 aliphatic heterocycles. The molecule has 2 unspecified atom stereocenters. The van der Waals surface area contributed by atoms with Crippen LogP contribution in [0, 0.1) is 5.92 Å². The summed E-state index contributed by atoms with van der Waals surface area (Å²) in [5, 5.41) is 0.253. The van der Waals surface area contributed by atoms with Crippen molar-refractivity contribution < 1.29 is 18.5 Å². The lowest BCUT2D eigenvalue weighted by Gasteiger charge is -2.29. The maximum atomic E-state index is 11.7. The van der Waals surface area contributed by atoms with Crippen LogP contribution >= 0.6 is 11.8 Å². The first kappa shape index (κ1) is 29.1. The molecule has 1 aliphatic rings. The van der Waals surface area contributed by atoms with Crippen molar-refractivity contribution in [3.8, 4) is 0 Å². The monoisotopic (exact) mass is 475 g/mol. The molecule has 0 aliphatic carbocycles. The maximum Gasteiger partial charge on any atom is 0.515 e. The molecule has 1 fully saturated rings. The molecule has 2 atom stereocenters. The molecule has 1 heterocycles. The molecule has 0 aromatic carbocycles. The van der Waals surface area contributed by atoms with Gasteiger partial charge in [0.15, 0.2) is 5.12 Å². The highest BCUT2D eigenvalue weighted by molar-refractivity contribution is 8.13. The Labute approximate surface area is 197 Å². The molecule has 1 saturated heterocycles. The van der Waals surface area contributed by atoms with Crippen molar-refractivity contribution in [2.45, 2.75) is 123 Å². The molecule has 184 valence electrons. The van der Waals surface area contributed by atoms with E-state index >= 15 is 0 Å². The molecule has 0 spiro atoms. The predicted molar refractivity (Wildman–Crippen MR) is 134 cm³/mol. The maximum absolute atomic E-state index is 11.7. The molecule has 31 heavy (non-hydrogen) atoms. The third-order valence-corrected chi connectivity index (χ3v) is 9.18. The van der Waals surface area contributed by atoms with E-state index in [0.29, 0.717) is 25.0 Å². The second kappa shape index (κ2) is 19.5. The number of nitrogens with one attached hydrogen (secondary N) is 1. The highest BCUT2D eigenvalue weighted by atomic mass is 32.2. The first-order chi connectivity index (χ1) is 15.1. The number of thioether (sulfide) groups is 1. The van der Waals surface area contributed by atoms with Gasteiger partial charge in [-0.1, -0.05) is 96.2 Å². The summed E-state index contributed by atoms with van der Waals surface area (Å²) in [6.45, 7) is 5.74. The molecule has 0 aromatic rings. The summed E-state index contributed by atoms with van der Waals surface area (Å²) in [7, 11) is -3.15. The molecular formula is C24H49NO4SSi. The van der Waals surface area contributed by atoms with Gasteiger partial charge in [0.1, 0.15) is 0 Å². The van der Waals surface area contributed by atoms with E-state index in [1.54, 1.807) is 0 Å². The average molecular weight is 476 g/mol. The fourth-order valence-corrected chi connectivity index (χ4v) is 6.69. The lowest BCUT2D eigenvalue weighted by molar-refractivity contribution is -0.111. The number of unbranched alkanes of at least 4 members (excludes halogenated alkanes) is 10. The Bertz CT molecular complexity index is 432. The van der Waals surface area contributed by atoms with Crippen LogP contribution in [0.2, 0.25) is 6.04 Å². The zero-order chi connectivity index (χ0) is 22.6. The zero-order valence-electron chi connectivity index (χ0n) is 20.3. The summed E-state index contributed by atoms with van der Waals surface area (Å²) < 4.78 is 11.4. The Morgan fingerprint density at radius 2 is 1.61 bits per heavy atom. The van der Waals surface area contributed by atoms with E-state index in [-0.39, 0.29) is 5.12 Å². The van der Waals surface area contributed by atoms with Gasteiger partial charge in [0.25, 0.3) is 0 Å². The van der Waals surface area contributed by atoms with E-state index in [1.165, 1.54) is 82.4 Å². The molecule has 0 amide bonds. The topological polar surface area (TPSA) is 67.8 Å². The minimum absolute atomic E-state index is 0.253. The van der Waals surface area contributed by atoms with E-state index in [4.69, 9.17) is 8.95 Å². The van der Waals surface area contributed by atoms with Gasteiger partial charge in [0.2, 0.25) is 0 Å². The van der Waals surface area contributed by atoms with Gasteiger partial charge in [-0.3, -0.25) is 9.32 Å².